The molecule has 6 heteroatoms. The predicted octanol–water partition coefficient (Wildman–Crippen LogP) is 2.27. The van der Waals surface area contributed by atoms with Crippen LogP contribution in [-0.4, -0.2) is 32.3 Å². The fourth-order valence-electron chi connectivity index (χ4n) is 2.68. The molecule has 1 fully saturated rings. The summed E-state index contributed by atoms with van der Waals surface area (Å²) in [5, 5.41) is 3.30. The smallest absolute Gasteiger partial charge is 0.416 e. The van der Waals surface area contributed by atoms with Crippen LogP contribution in [0.4, 0.5) is 18.9 Å². The van der Waals surface area contributed by atoms with Crippen LogP contribution < -0.4 is 15.0 Å². The van der Waals surface area contributed by atoms with Crippen molar-refractivity contribution in [3.8, 4) is 5.75 Å². The highest BCUT2D eigenvalue weighted by atomic mass is 19.4. The summed E-state index contributed by atoms with van der Waals surface area (Å²) >= 11 is 0. The molecule has 0 radical (unpaired) electrons. The van der Waals surface area contributed by atoms with Gasteiger partial charge in [0.2, 0.25) is 0 Å². The molecule has 3 rings (SSSR count). The number of fused-ring (bicyclic) bond motifs is 3. The Morgan fingerprint density at radius 3 is 2.95 bits per heavy atom. The maximum atomic E-state index is 12.7. The summed E-state index contributed by atoms with van der Waals surface area (Å²) in [7, 11) is 0. The lowest BCUT2D eigenvalue weighted by Crippen LogP contribution is -2.51. The second kappa shape index (κ2) is 4.59. The number of alkyl halides is 3. The average Bonchev–Trinajstić information content (AvgIpc) is 2.56. The van der Waals surface area contributed by atoms with Crippen LogP contribution in [0, 0.1) is 0 Å². The number of nitrogens with one attached hydrogen (secondary N) is 1. The first-order valence-electron chi connectivity index (χ1n) is 6.37. The summed E-state index contributed by atoms with van der Waals surface area (Å²) in [6.45, 7) is 2.95. The van der Waals surface area contributed by atoms with Crippen molar-refractivity contribution >= 4 is 5.69 Å². The van der Waals surface area contributed by atoms with E-state index in [9.17, 15) is 13.2 Å². The normalized spacial score (nSPS) is 23.1. The first-order chi connectivity index (χ1) is 9.05. The van der Waals surface area contributed by atoms with Gasteiger partial charge in [-0.2, -0.15) is 13.2 Å². The van der Waals surface area contributed by atoms with E-state index >= 15 is 0 Å². The van der Waals surface area contributed by atoms with Crippen LogP contribution in [0.25, 0.3) is 0 Å². The Morgan fingerprint density at radius 1 is 1.32 bits per heavy atom. The van der Waals surface area contributed by atoms with Gasteiger partial charge in [0.05, 0.1) is 17.9 Å². The van der Waals surface area contributed by atoms with Gasteiger partial charge >= 0.3 is 6.18 Å². The van der Waals surface area contributed by atoms with E-state index in [1.165, 1.54) is 6.07 Å². The van der Waals surface area contributed by atoms with Crippen LogP contribution in [0.15, 0.2) is 18.2 Å². The largest absolute Gasteiger partial charge is 0.491 e. The number of hydrogen-bond acceptors (Lipinski definition) is 3. The minimum absolute atomic E-state index is 0.298. The number of piperazine rings is 1. The first kappa shape index (κ1) is 12.6. The molecule has 1 saturated heterocycles. The minimum Gasteiger partial charge on any atom is -0.491 e. The van der Waals surface area contributed by atoms with Gasteiger partial charge < -0.3 is 15.0 Å². The van der Waals surface area contributed by atoms with Crippen LogP contribution in [-0.2, 0) is 6.18 Å². The van der Waals surface area contributed by atoms with Gasteiger partial charge in [-0.1, -0.05) is 0 Å². The van der Waals surface area contributed by atoms with Gasteiger partial charge in [0.15, 0.2) is 0 Å². The number of anilines is 1. The third kappa shape index (κ3) is 2.36. The molecule has 1 aromatic carbocycles. The van der Waals surface area contributed by atoms with Gasteiger partial charge in [-0.3, -0.25) is 0 Å². The van der Waals surface area contributed by atoms with E-state index in [0.717, 1.165) is 43.9 Å². The number of hydrogen-bond donors (Lipinski definition) is 1. The Morgan fingerprint density at radius 2 is 2.16 bits per heavy atom. The van der Waals surface area contributed by atoms with E-state index < -0.39 is 11.7 Å². The highest BCUT2D eigenvalue weighted by molar-refractivity contribution is 5.61. The summed E-state index contributed by atoms with van der Waals surface area (Å²) < 4.78 is 43.6. The molecule has 2 heterocycles. The quantitative estimate of drug-likeness (QED) is 0.784. The molecular formula is C13H15F3N2O. The van der Waals surface area contributed by atoms with Crippen molar-refractivity contribution in [3.63, 3.8) is 0 Å². The van der Waals surface area contributed by atoms with Crippen LogP contribution in [0.5, 0.6) is 5.75 Å². The highest BCUT2D eigenvalue weighted by Crippen LogP contribution is 2.39. The lowest BCUT2D eigenvalue weighted by atomic mass is 10.1. The molecule has 3 nitrogen and oxygen atoms in total. The second-order valence-electron chi connectivity index (χ2n) is 4.87. The van der Waals surface area contributed by atoms with E-state index in [1.807, 2.05) is 0 Å². The molecule has 0 spiro atoms. The molecule has 1 N–H and O–H groups in total. The molecular weight excluding hydrogens is 257 g/mol. The maximum absolute atomic E-state index is 12.7. The monoisotopic (exact) mass is 272 g/mol. The van der Waals surface area contributed by atoms with Gasteiger partial charge in [-0.05, 0) is 18.2 Å². The second-order valence-corrected chi connectivity index (χ2v) is 4.87. The standard InChI is InChI=1S/C13H15F3N2O/c14-13(15,16)9-1-2-11-12(7-9)19-6-3-10-8-17-4-5-18(10)11/h1-2,7,10,17H,3-6,8H2/t10-/m0/s1. The molecule has 1 atom stereocenters. The zero-order chi connectivity index (χ0) is 13.5. The van der Waals surface area contributed by atoms with Crippen molar-refractivity contribution in [3.05, 3.63) is 23.8 Å². The Bertz CT molecular complexity index is 475. The Hall–Kier alpha value is -1.43. The van der Waals surface area contributed by atoms with Crippen LogP contribution in [0.3, 0.4) is 0 Å². The van der Waals surface area contributed by atoms with E-state index in [1.54, 1.807) is 0 Å². The summed E-state index contributed by atoms with van der Waals surface area (Å²) in [6.07, 6.45) is -3.50. The Balaban J connectivity index is 1.99. The van der Waals surface area contributed by atoms with Gasteiger partial charge in [0.25, 0.3) is 0 Å². The SMILES string of the molecule is FC(F)(F)c1ccc2c(c1)OCC[C@H]1CNCCN21. The molecule has 19 heavy (non-hydrogen) atoms. The molecule has 104 valence electrons. The van der Waals surface area contributed by atoms with Gasteiger partial charge in [-0.25, -0.2) is 0 Å². The average molecular weight is 272 g/mol. The first-order valence-corrected chi connectivity index (χ1v) is 6.37. The van der Waals surface area contributed by atoms with Crippen molar-refractivity contribution in [1.82, 2.24) is 5.32 Å². The zero-order valence-electron chi connectivity index (χ0n) is 10.3. The molecule has 0 bridgehead atoms. The van der Waals surface area contributed by atoms with Crippen LogP contribution >= 0.6 is 0 Å². The number of ether oxygens (including phenoxy) is 1. The number of nitrogens with zero attached hydrogens (tertiary/aromatic N) is 1. The Kier molecular flexibility index (Phi) is 3.05. The van der Waals surface area contributed by atoms with Crippen molar-refractivity contribution < 1.29 is 17.9 Å². The molecule has 0 amide bonds. The lowest BCUT2D eigenvalue weighted by molar-refractivity contribution is -0.137. The van der Waals surface area contributed by atoms with Crippen molar-refractivity contribution in [2.45, 2.75) is 18.6 Å². The molecule has 0 unspecified atom stereocenters. The summed E-state index contributed by atoms with van der Waals surface area (Å²) in [5.74, 6) is 0.347. The van der Waals surface area contributed by atoms with E-state index in [2.05, 4.69) is 10.2 Å². The van der Waals surface area contributed by atoms with E-state index in [0.29, 0.717) is 18.4 Å². The Labute approximate surface area is 109 Å². The van der Waals surface area contributed by atoms with Crippen molar-refractivity contribution in [2.24, 2.45) is 0 Å². The molecule has 2 aliphatic heterocycles. The molecule has 0 aliphatic carbocycles. The van der Waals surface area contributed by atoms with Gasteiger partial charge in [0, 0.05) is 32.1 Å². The van der Waals surface area contributed by atoms with Crippen molar-refractivity contribution in [1.29, 1.82) is 0 Å². The fraction of sp³-hybridized carbons (Fsp3) is 0.538. The lowest BCUT2D eigenvalue weighted by Gasteiger charge is -2.36. The van der Waals surface area contributed by atoms with Gasteiger partial charge in [0.1, 0.15) is 5.75 Å². The van der Waals surface area contributed by atoms with E-state index in [-0.39, 0.29) is 0 Å². The molecule has 2 aliphatic rings. The summed E-state index contributed by atoms with van der Waals surface area (Å²) in [4.78, 5) is 2.15. The molecule has 0 aromatic heterocycles. The summed E-state index contributed by atoms with van der Waals surface area (Å²) in [5.41, 5.74) is 0.122. The van der Waals surface area contributed by atoms with E-state index in [4.69, 9.17) is 4.74 Å². The number of benzene rings is 1. The highest BCUT2D eigenvalue weighted by Gasteiger charge is 2.33. The third-order valence-electron chi connectivity index (χ3n) is 3.66. The molecule has 0 saturated carbocycles. The van der Waals surface area contributed by atoms with Crippen molar-refractivity contribution in [2.75, 3.05) is 31.1 Å². The number of halogens is 3. The minimum atomic E-state index is -4.33. The number of rotatable bonds is 0. The fourth-order valence-corrected chi connectivity index (χ4v) is 2.68. The zero-order valence-corrected chi connectivity index (χ0v) is 10.3. The topological polar surface area (TPSA) is 24.5 Å². The maximum Gasteiger partial charge on any atom is 0.416 e. The predicted molar refractivity (Wildman–Crippen MR) is 65.6 cm³/mol. The molecule has 1 aromatic rings. The van der Waals surface area contributed by atoms with Crippen LogP contribution in [0.1, 0.15) is 12.0 Å². The summed E-state index contributed by atoms with van der Waals surface area (Å²) in [6, 6.07) is 4.07. The van der Waals surface area contributed by atoms with Gasteiger partial charge in [-0.15, -0.1) is 0 Å². The third-order valence-corrected chi connectivity index (χ3v) is 3.66. The van der Waals surface area contributed by atoms with Crippen LogP contribution in [0.2, 0.25) is 0 Å².